The Morgan fingerprint density at radius 1 is 1.27 bits per heavy atom. The molecule has 5 nitrogen and oxygen atoms in total. The van der Waals surface area contributed by atoms with E-state index in [2.05, 4.69) is 10.6 Å². The Bertz CT molecular complexity index is 490. The van der Waals surface area contributed by atoms with Crippen LogP contribution in [0.3, 0.4) is 0 Å². The number of carbonyl (C=O) groups excluding carboxylic acids is 1. The number of nitrogens with one attached hydrogen (secondary N) is 2. The van der Waals surface area contributed by atoms with Crippen LogP contribution in [0.1, 0.15) is 23.2 Å². The number of ether oxygens (including phenoxy) is 1. The van der Waals surface area contributed by atoms with Crippen LogP contribution in [0.5, 0.6) is 0 Å². The highest BCUT2D eigenvalue weighted by atomic mass is 19.1. The number of amides is 1. The Morgan fingerprint density at radius 3 is 2.73 bits per heavy atom. The molecular weight excluding hydrogens is 285 g/mol. The first-order valence-corrected chi connectivity index (χ1v) is 7.74. The first-order chi connectivity index (χ1) is 10.7. The number of methoxy groups -OCH3 is 1. The van der Waals surface area contributed by atoms with Crippen LogP contribution in [0.4, 0.5) is 10.1 Å². The zero-order valence-corrected chi connectivity index (χ0v) is 13.0. The topological polar surface area (TPSA) is 53.6 Å². The molecule has 1 fully saturated rings. The minimum Gasteiger partial charge on any atom is -0.383 e. The summed E-state index contributed by atoms with van der Waals surface area (Å²) in [6.07, 6.45) is 2.19. The maximum atomic E-state index is 14.1. The monoisotopic (exact) mass is 309 g/mol. The van der Waals surface area contributed by atoms with E-state index in [0.717, 1.165) is 32.5 Å². The molecule has 1 saturated heterocycles. The van der Waals surface area contributed by atoms with Crippen LogP contribution in [0.25, 0.3) is 0 Å². The molecule has 122 valence electrons. The maximum Gasteiger partial charge on any atom is 0.251 e. The van der Waals surface area contributed by atoms with Crippen molar-refractivity contribution in [3.8, 4) is 0 Å². The fourth-order valence-corrected chi connectivity index (χ4v) is 2.53. The first kappa shape index (κ1) is 16.7. The van der Waals surface area contributed by atoms with Gasteiger partial charge in [0.05, 0.1) is 12.3 Å². The molecule has 1 aliphatic rings. The maximum absolute atomic E-state index is 14.1. The zero-order chi connectivity index (χ0) is 15.8. The number of carbonyl (C=O) groups is 1. The average molecular weight is 309 g/mol. The highest BCUT2D eigenvalue weighted by molar-refractivity contribution is 5.94. The van der Waals surface area contributed by atoms with Crippen molar-refractivity contribution in [2.24, 2.45) is 0 Å². The predicted molar refractivity (Wildman–Crippen MR) is 84.9 cm³/mol. The molecule has 22 heavy (non-hydrogen) atoms. The van der Waals surface area contributed by atoms with E-state index in [9.17, 15) is 9.18 Å². The van der Waals surface area contributed by atoms with Crippen molar-refractivity contribution in [2.75, 3.05) is 51.3 Å². The van der Waals surface area contributed by atoms with Gasteiger partial charge in [-0.2, -0.15) is 0 Å². The van der Waals surface area contributed by atoms with Crippen LogP contribution in [-0.4, -0.2) is 52.3 Å². The predicted octanol–water partition coefficient (Wildman–Crippen LogP) is 1.39. The minimum atomic E-state index is -0.326. The molecule has 2 N–H and O–H groups in total. The Morgan fingerprint density at radius 2 is 2.05 bits per heavy atom. The molecule has 0 radical (unpaired) electrons. The molecule has 0 unspecified atom stereocenters. The van der Waals surface area contributed by atoms with Crippen LogP contribution in [0.2, 0.25) is 0 Å². The lowest BCUT2D eigenvalue weighted by Crippen LogP contribution is -2.33. The summed E-state index contributed by atoms with van der Waals surface area (Å²) in [5.41, 5.74) is 0.952. The molecule has 1 aromatic carbocycles. The molecule has 1 heterocycles. The second-order valence-corrected chi connectivity index (χ2v) is 5.36. The highest BCUT2D eigenvalue weighted by Crippen LogP contribution is 2.24. The molecule has 2 rings (SSSR count). The van der Waals surface area contributed by atoms with Gasteiger partial charge in [-0.05, 0) is 31.0 Å². The van der Waals surface area contributed by atoms with E-state index in [1.54, 1.807) is 19.2 Å². The molecule has 1 aromatic rings. The SMILES string of the molecule is COCCNCCNC(=O)c1ccc(N2CCCC2)c(F)c1. The van der Waals surface area contributed by atoms with Crippen LogP contribution in [0.15, 0.2) is 18.2 Å². The van der Waals surface area contributed by atoms with Gasteiger partial charge in [0.25, 0.3) is 5.91 Å². The van der Waals surface area contributed by atoms with Gasteiger partial charge in [-0.25, -0.2) is 4.39 Å². The smallest absolute Gasteiger partial charge is 0.251 e. The number of anilines is 1. The van der Waals surface area contributed by atoms with Crippen molar-refractivity contribution in [1.29, 1.82) is 0 Å². The molecule has 1 amide bonds. The van der Waals surface area contributed by atoms with E-state index in [1.165, 1.54) is 6.07 Å². The number of hydrogen-bond acceptors (Lipinski definition) is 4. The van der Waals surface area contributed by atoms with Gasteiger partial charge in [0, 0.05) is 45.4 Å². The number of halogens is 1. The number of nitrogens with zero attached hydrogens (tertiary/aromatic N) is 1. The molecular formula is C16H24FN3O2. The van der Waals surface area contributed by atoms with Gasteiger partial charge in [0.2, 0.25) is 0 Å². The summed E-state index contributed by atoms with van der Waals surface area (Å²) in [4.78, 5) is 14.0. The molecule has 0 atom stereocenters. The summed E-state index contributed by atoms with van der Waals surface area (Å²) in [7, 11) is 1.64. The van der Waals surface area contributed by atoms with Gasteiger partial charge in [-0.1, -0.05) is 0 Å². The molecule has 0 aliphatic carbocycles. The largest absolute Gasteiger partial charge is 0.383 e. The van der Waals surface area contributed by atoms with Crippen LogP contribution in [0, 0.1) is 5.82 Å². The van der Waals surface area contributed by atoms with Crippen molar-refractivity contribution < 1.29 is 13.9 Å². The normalized spacial score (nSPS) is 14.4. The number of rotatable bonds is 8. The Hall–Kier alpha value is -1.66. The fraction of sp³-hybridized carbons (Fsp3) is 0.562. The van der Waals surface area contributed by atoms with Crippen LogP contribution < -0.4 is 15.5 Å². The Labute approximate surface area is 130 Å². The lowest BCUT2D eigenvalue weighted by Gasteiger charge is -2.18. The third-order valence-corrected chi connectivity index (χ3v) is 3.73. The average Bonchev–Trinajstić information content (AvgIpc) is 3.04. The van der Waals surface area contributed by atoms with Crippen molar-refractivity contribution in [3.05, 3.63) is 29.6 Å². The van der Waals surface area contributed by atoms with E-state index in [0.29, 0.717) is 30.9 Å². The van der Waals surface area contributed by atoms with Crippen LogP contribution >= 0.6 is 0 Å². The third-order valence-electron chi connectivity index (χ3n) is 3.73. The molecule has 0 aromatic heterocycles. The fourth-order valence-electron chi connectivity index (χ4n) is 2.53. The van der Waals surface area contributed by atoms with Crippen LogP contribution in [-0.2, 0) is 4.74 Å². The highest BCUT2D eigenvalue weighted by Gasteiger charge is 2.17. The molecule has 0 saturated carbocycles. The second-order valence-electron chi connectivity index (χ2n) is 5.36. The molecule has 1 aliphatic heterocycles. The summed E-state index contributed by atoms with van der Waals surface area (Å²) in [5, 5.41) is 5.90. The summed E-state index contributed by atoms with van der Waals surface area (Å²) >= 11 is 0. The van der Waals surface area contributed by atoms with Crippen molar-refractivity contribution in [2.45, 2.75) is 12.8 Å². The summed E-state index contributed by atoms with van der Waals surface area (Å²) < 4.78 is 19.1. The van der Waals surface area contributed by atoms with Gasteiger partial charge in [-0.3, -0.25) is 4.79 Å². The van der Waals surface area contributed by atoms with E-state index < -0.39 is 0 Å². The minimum absolute atomic E-state index is 0.250. The summed E-state index contributed by atoms with van der Waals surface area (Å²) in [5.74, 6) is -0.576. The quantitative estimate of drug-likeness (QED) is 0.713. The Balaban J connectivity index is 1.81. The van der Waals surface area contributed by atoms with Gasteiger partial charge in [0.1, 0.15) is 5.82 Å². The van der Waals surface area contributed by atoms with E-state index in [1.807, 2.05) is 4.90 Å². The van der Waals surface area contributed by atoms with Gasteiger partial charge < -0.3 is 20.3 Å². The molecule has 0 bridgehead atoms. The third kappa shape index (κ3) is 4.68. The van der Waals surface area contributed by atoms with E-state index in [4.69, 9.17) is 4.74 Å². The number of benzene rings is 1. The second kappa shape index (κ2) is 8.70. The lowest BCUT2D eigenvalue weighted by atomic mass is 10.1. The molecule has 6 heteroatoms. The van der Waals surface area contributed by atoms with Crippen molar-refractivity contribution in [3.63, 3.8) is 0 Å². The lowest BCUT2D eigenvalue weighted by molar-refractivity contribution is 0.0953. The molecule has 0 spiro atoms. The Kier molecular flexibility index (Phi) is 6.61. The zero-order valence-electron chi connectivity index (χ0n) is 13.0. The van der Waals surface area contributed by atoms with Crippen molar-refractivity contribution >= 4 is 11.6 Å². The summed E-state index contributed by atoms with van der Waals surface area (Å²) in [6.45, 7) is 4.30. The standard InChI is InChI=1S/C16H24FN3O2/c1-22-11-8-18-6-7-19-16(21)13-4-5-15(14(17)12-13)20-9-2-3-10-20/h4-5,12,18H,2-3,6-11H2,1H3,(H,19,21). The van der Waals surface area contributed by atoms with Gasteiger partial charge in [-0.15, -0.1) is 0 Å². The first-order valence-electron chi connectivity index (χ1n) is 7.74. The van der Waals surface area contributed by atoms with E-state index >= 15 is 0 Å². The van der Waals surface area contributed by atoms with E-state index in [-0.39, 0.29) is 11.7 Å². The number of hydrogen-bond donors (Lipinski definition) is 2. The van der Waals surface area contributed by atoms with Crippen molar-refractivity contribution in [1.82, 2.24) is 10.6 Å². The summed E-state index contributed by atoms with van der Waals surface area (Å²) in [6, 6.07) is 4.71. The van der Waals surface area contributed by atoms with Gasteiger partial charge >= 0.3 is 0 Å². The van der Waals surface area contributed by atoms with Gasteiger partial charge in [0.15, 0.2) is 0 Å².